The number of ether oxygens (including phenoxy) is 3. The van der Waals surface area contributed by atoms with Gasteiger partial charge in [0.15, 0.2) is 11.5 Å². The maximum Gasteiger partial charge on any atom is 0.255 e. The molecule has 3 aromatic rings. The third-order valence-corrected chi connectivity index (χ3v) is 4.47. The molecule has 2 amide bonds. The zero-order valence-corrected chi connectivity index (χ0v) is 16.3. The Labute approximate surface area is 172 Å². The quantitative estimate of drug-likeness (QED) is 0.623. The van der Waals surface area contributed by atoms with Crippen molar-refractivity contribution in [3.63, 3.8) is 0 Å². The summed E-state index contributed by atoms with van der Waals surface area (Å²) in [5, 5.41) is 5.33. The van der Waals surface area contributed by atoms with Gasteiger partial charge in [0.05, 0.1) is 18.4 Å². The first-order chi connectivity index (χ1) is 14.6. The predicted octanol–water partition coefficient (Wildman–Crippen LogP) is 3.26. The number of aryl methyl sites for hydroxylation is 1. The molecule has 0 aliphatic carbocycles. The number of fused-ring (bicyclic) bond motifs is 1. The number of amides is 2. The Morgan fingerprint density at radius 3 is 2.77 bits per heavy atom. The summed E-state index contributed by atoms with van der Waals surface area (Å²) in [6.45, 7) is 2.07. The van der Waals surface area contributed by atoms with Crippen LogP contribution in [0.5, 0.6) is 17.2 Å². The van der Waals surface area contributed by atoms with E-state index in [1.807, 2.05) is 24.3 Å². The minimum absolute atomic E-state index is 0.151. The van der Waals surface area contributed by atoms with Gasteiger partial charge in [0, 0.05) is 11.8 Å². The van der Waals surface area contributed by atoms with Gasteiger partial charge in [-0.25, -0.2) is 0 Å². The van der Waals surface area contributed by atoms with Crippen LogP contribution in [0.3, 0.4) is 0 Å². The predicted molar refractivity (Wildman–Crippen MR) is 108 cm³/mol. The van der Waals surface area contributed by atoms with Gasteiger partial charge in [-0.15, -0.1) is 0 Å². The van der Waals surface area contributed by atoms with Crippen LogP contribution in [0.25, 0.3) is 0 Å². The van der Waals surface area contributed by atoms with Crippen molar-refractivity contribution in [1.82, 2.24) is 5.32 Å². The fourth-order valence-electron chi connectivity index (χ4n) is 2.95. The number of hydrogen-bond donors (Lipinski definition) is 2. The van der Waals surface area contributed by atoms with Crippen LogP contribution < -0.4 is 24.8 Å². The van der Waals surface area contributed by atoms with E-state index < -0.39 is 0 Å². The fourth-order valence-corrected chi connectivity index (χ4v) is 2.95. The lowest BCUT2D eigenvalue weighted by molar-refractivity contribution is -0.115. The molecule has 0 spiro atoms. The molecule has 8 heteroatoms. The van der Waals surface area contributed by atoms with Gasteiger partial charge in [-0.05, 0) is 42.8 Å². The second-order valence-corrected chi connectivity index (χ2v) is 6.63. The van der Waals surface area contributed by atoms with Gasteiger partial charge < -0.3 is 29.3 Å². The second kappa shape index (κ2) is 8.60. The summed E-state index contributed by atoms with van der Waals surface area (Å²) in [5.41, 5.74) is 1.90. The molecule has 1 aromatic heterocycles. The van der Waals surface area contributed by atoms with E-state index in [-0.39, 0.29) is 25.2 Å². The number of carbonyl (C=O) groups is 2. The van der Waals surface area contributed by atoms with Crippen LogP contribution in [0, 0.1) is 6.92 Å². The lowest BCUT2D eigenvalue weighted by Crippen LogP contribution is -2.32. The number of rotatable bonds is 7. The SMILES string of the molecule is Cc1occc1C(=O)NCC(=O)Nc1cccc(COc2ccc3c(c2)OCO3)c1. The van der Waals surface area contributed by atoms with Crippen molar-refractivity contribution < 1.29 is 28.2 Å². The van der Waals surface area contributed by atoms with Crippen LogP contribution in [0.15, 0.2) is 59.2 Å². The van der Waals surface area contributed by atoms with E-state index in [0.717, 1.165) is 5.56 Å². The van der Waals surface area contributed by atoms with E-state index >= 15 is 0 Å². The van der Waals surface area contributed by atoms with Crippen molar-refractivity contribution in [1.29, 1.82) is 0 Å². The number of furan rings is 1. The van der Waals surface area contributed by atoms with Crippen LogP contribution in [0.4, 0.5) is 5.69 Å². The molecule has 0 unspecified atom stereocenters. The van der Waals surface area contributed by atoms with Crippen LogP contribution in [0.2, 0.25) is 0 Å². The molecule has 154 valence electrons. The molecule has 0 saturated heterocycles. The standard InChI is InChI=1S/C22H20N2O6/c1-14-18(7-8-27-14)22(26)23-11-21(25)24-16-4-2-3-15(9-16)12-28-17-5-6-19-20(10-17)30-13-29-19/h2-10H,11-13H2,1H3,(H,23,26)(H,24,25). The van der Waals surface area contributed by atoms with E-state index in [0.29, 0.717) is 40.9 Å². The highest BCUT2D eigenvalue weighted by Gasteiger charge is 2.14. The number of anilines is 1. The first-order valence-corrected chi connectivity index (χ1v) is 9.32. The normalized spacial score (nSPS) is 11.8. The molecule has 4 rings (SSSR count). The van der Waals surface area contributed by atoms with E-state index in [2.05, 4.69) is 10.6 Å². The van der Waals surface area contributed by atoms with E-state index in [1.165, 1.54) is 6.26 Å². The van der Waals surface area contributed by atoms with Gasteiger partial charge >= 0.3 is 0 Å². The molecule has 1 aliphatic heterocycles. The van der Waals surface area contributed by atoms with E-state index in [4.69, 9.17) is 18.6 Å². The van der Waals surface area contributed by atoms with Crippen molar-refractivity contribution in [3.8, 4) is 17.2 Å². The van der Waals surface area contributed by atoms with Gasteiger partial charge in [-0.3, -0.25) is 9.59 Å². The Kier molecular flexibility index (Phi) is 5.56. The molecule has 2 aromatic carbocycles. The Hall–Kier alpha value is -3.94. The lowest BCUT2D eigenvalue weighted by Gasteiger charge is -2.10. The Morgan fingerprint density at radius 1 is 1.07 bits per heavy atom. The molecule has 30 heavy (non-hydrogen) atoms. The first-order valence-electron chi connectivity index (χ1n) is 9.32. The number of hydrogen-bond acceptors (Lipinski definition) is 6. The zero-order valence-electron chi connectivity index (χ0n) is 16.3. The molecule has 1 aliphatic rings. The summed E-state index contributed by atoms with van der Waals surface area (Å²) < 4.78 is 21.5. The number of benzene rings is 2. The molecule has 0 atom stereocenters. The van der Waals surface area contributed by atoms with Crippen molar-refractivity contribution in [2.75, 3.05) is 18.7 Å². The summed E-state index contributed by atoms with van der Waals surface area (Å²) in [4.78, 5) is 24.2. The fraction of sp³-hybridized carbons (Fsp3) is 0.182. The molecule has 2 N–H and O–H groups in total. The van der Waals surface area contributed by atoms with Gasteiger partial charge in [0.25, 0.3) is 5.91 Å². The maximum absolute atomic E-state index is 12.2. The highest BCUT2D eigenvalue weighted by molar-refractivity contribution is 5.99. The van der Waals surface area contributed by atoms with Gasteiger partial charge in [0.2, 0.25) is 12.7 Å². The largest absolute Gasteiger partial charge is 0.489 e. The molecular formula is C22H20N2O6. The minimum atomic E-state index is -0.359. The summed E-state index contributed by atoms with van der Waals surface area (Å²) >= 11 is 0. The van der Waals surface area contributed by atoms with Gasteiger partial charge in [-0.1, -0.05) is 12.1 Å². The molecule has 8 nitrogen and oxygen atoms in total. The average Bonchev–Trinajstić information content (AvgIpc) is 3.39. The van der Waals surface area contributed by atoms with E-state index in [9.17, 15) is 9.59 Å². The monoisotopic (exact) mass is 408 g/mol. The van der Waals surface area contributed by atoms with Crippen LogP contribution in [-0.4, -0.2) is 25.2 Å². The molecule has 0 bridgehead atoms. The molecular weight excluding hydrogens is 388 g/mol. The molecule has 0 radical (unpaired) electrons. The zero-order chi connectivity index (χ0) is 20.9. The lowest BCUT2D eigenvalue weighted by atomic mass is 10.2. The topological polar surface area (TPSA) is 99.0 Å². The van der Waals surface area contributed by atoms with Crippen molar-refractivity contribution in [2.24, 2.45) is 0 Å². The van der Waals surface area contributed by atoms with Crippen molar-refractivity contribution in [3.05, 3.63) is 71.7 Å². The molecule has 0 fully saturated rings. The summed E-state index contributed by atoms with van der Waals surface area (Å²) in [6, 6.07) is 14.2. The minimum Gasteiger partial charge on any atom is -0.489 e. The number of nitrogens with one attached hydrogen (secondary N) is 2. The molecule has 0 saturated carbocycles. The second-order valence-electron chi connectivity index (χ2n) is 6.63. The highest BCUT2D eigenvalue weighted by atomic mass is 16.7. The summed E-state index contributed by atoms with van der Waals surface area (Å²) in [6.07, 6.45) is 1.43. The summed E-state index contributed by atoms with van der Waals surface area (Å²) in [5.74, 6) is 1.82. The third-order valence-electron chi connectivity index (χ3n) is 4.47. The van der Waals surface area contributed by atoms with Gasteiger partial charge in [-0.2, -0.15) is 0 Å². The van der Waals surface area contributed by atoms with E-state index in [1.54, 1.807) is 31.2 Å². The number of carbonyl (C=O) groups excluding carboxylic acids is 2. The Balaban J connectivity index is 1.29. The Bertz CT molecular complexity index is 1070. The highest BCUT2D eigenvalue weighted by Crippen LogP contribution is 2.35. The third kappa shape index (κ3) is 4.54. The van der Waals surface area contributed by atoms with Crippen molar-refractivity contribution in [2.45, 2.75) is 13.5 Å². The van der Waals surface area contributed by atoms with Gasteiger partial charge in [0.1, 0.15) is 18.1 Å². The summed E-state index contributed by atoms with van der Waals surface area (Å²) in [7, 11) is 0. The average molecular weight is 408 g/mol. The van der Waals surface area contributed by atoms with Crippen LogP contribution >= 0.6 is 0 Å². The van der Waals surface area contributed by atoms with Crippen LogP contribution in [0.1, 0.15) is 21.7 Å². The molecule has 2 heterocycles. The smallest absolute Gasteiger partial charge is 0.255 e. The first kappa shape index (κ1) is 19.4. The maximum atomic E-state index is 12.2. The Morgan fingerprint density at radius 2 is 1.93 bits per heavy atom. The van der Waals surface area contributed by atoms with Crippen LogP contribution in [-0.2, 0) is 11.4 Å². The van der Waals surface area contributed by atoms with Crippen molar-refractivity contribution >= 4 is 17.5 Å².